The first kappa shape index (κ1) is 12.6. The number of benzene rings is 2. The summed E-state index contributed by atoms with van der Waals surface area (Å²) in [5.74, 6) is 1.21. The summed E-state index contributed by atoms with van der Waals surface area (Å²) in [6.07, 6.45) is 3.05. The van der Waals surface area contributed by atoms with Crippen molar-refractivity contribution in [3.05, 3.63) is 59.7 Å². The molecule has 0 bridgehead atoms. The molecule has 0 radical (unpaired) electrons. The van der Waals surface area contributed by atoms with E-state index in [1.54, 1.807) is 6.07 Å². The highest BCUT2D eigenvalue weighted by Gasteiger charge is 2.09. The molecule has 0 unspecified atom stereocenters. The monoisotopic (exact) mass is 267 g/mol. The minimum Gasteiger partial charge on any atom is -0.506 e. The summed E-state index contributed by atoms with van der Waals surface area (Å²) in [6, 6.07) is 15.3. The largest absolute Gasteiger partial charge is 0.506 e. The maximum Gasteiger partial charge on any atom is 0.138 e. The molecule has 0 amide bonds. The highest BCUT2D eigenvalue weighted by molar-refractivity contribution is 5.62. The molecule has 2 aromatic rings. The predicted molar refractivity (Wildman–Crippen MR) is 81.1 cm³/mol. The Balaban J connectivity index is 1.75. The van der Waals surface area contributed by atoms with Crippen LogP contribution >= 0.6 is 0 Å². The lowest BCUT2D eigenvalue weighted by Gasteiger charge is -2.10. The van der Waals surface area contributed by atoms with Crippen molar-refractivity contribution in [1.82, 2.24) is 0 Å². The van der Waals surface area contributed by atoms with Crippen molar-refractivity contribution in [2.45, 2.75) is 6.42 Å². The van der Waals surface area contributed by atoms with Gasteiger partial charge in [-0.3, -0.25) is 0 Å². The number of fused-ring (bicyclic) bond motifs is 1. The summed E-state index contributed by atoms with van der Waals surface area (Å²) in [7, 11) is 0. The van der Waals surface area contributed by atoms with E-state index in [1.165, 1.54) is 5.57 Å². The van der Waals surface area contributed by atoms with Gasteiger partial charge in [0.15, 0.2) is 0 Å². The highest BCUT2D eigenvalue weighted by Crippen LogP contribution is 2.26. The van der Waals surface area contributed by atoms with Crippen LogP contribution in [0.1, 0.15) is 12.0 Å². The fourth-order valence-corrected chi connectivity index (χ4v) is 2.29. The van der Waals surface area contributed by atoms with Crippen LogP contribution in [0.3, 0.4) is 0 Å². The van der Waals surface area contributed by atoms with Gasteiger partial charge in [0.25, 0.3) is 0 Å². The van der Waals surface area contributed by atoms with E-state index in [0.717, 1.165) is 23.4 Å². The van der Waals surface area contributed by atoms with Crippen molar-refractivity contribution in [2.24, 2.45) is 0 Å². The number of aromatic hydroxyl groups is 1. The summed E-state index contributed by atoms with van der Waals surface area (Å²) in [5, 5.41) is 13.0. The Hall–Kier alpha value is -2.42. The number of rotatable bonds is 3. The van der Waals surface area contributed by atoms with Crippen LogP contribution in [-0.2, 0) is 0 Å². The topological polar surface area (TPSA) is 41.5 Å². The zero-order valence-corrected chi connectivity index (χ0v) is 11.2. The third-order valence-electron chi connectivity index (χ3n) is 3.37. The Morgan fingerprint density at radius 1 is 1.05 bits per heavy atom. The Morgan fingerprint density at radius 2 is 1.85 bits per heavy atom. The van der Waals surface area contributed by atoms with Gasteiger partial charge >= 0.3 is 0 Å². The van der Waals surface area contributed by atoms with Crippen LogP contribution < -0.4 is 10.1 Å². The molecular formula is C17H17NO2. The van der Waals surface area contributed by atoms with Crippen molar-refractivity contribution < 1.29 is 9.84 Å². The van der Waals surface area contributed by atoms with Gasteiger partial charge in [0.1, 0.15) is 11.5 Å². The normalized spacial score (nSPS) is 13.7. The lowest BCUT2D eigenvalue weighted by molar-refractivity contribution is 0.323. The first-order valence-electron chi connectivity index (χ1n) is 6.76. The Morgan fingerprint density at radius 3 is 2.75 bits per heavy atom. The fraction of sp³-hybridized carbons (Fsp3) is 0.176. The number of hydrogen-bond acceptors (Lipinski definition) is 3. The van der Waals surface area contributed by atoms with Gasteiger partial charge in [0.05, 0.1) is 12.3 Å². The zero-order valence-electron chi connectivity index (χ0n) is 11.2. The Kier molecular flexibility index (Phi) is 3.59. The second-order valence-electron chi connectivity index (χ2n) is 4.81. The van der Waals surface area contributed by atoms with Gasteiger partial charge in [-0.25, -0.2) is 0 Å². The molecule has 1 heterocycles. The minimum absolute atomic E-state index is 0.276. The fourth-order valence-electron chi connectivity index (χ4n) is 2.29. The van der Waals surface area contributed by atoms with Crippen LogP contribution in [0.5, 0.6) is 11.5 Å². The summed E-state index contributed by atoms with van der Waals surface area (Å²) in [6.45, 7) is 1.39. The zero-order chi connectivity index (χ0) is 13.8. The van der Waals surface area contributed by atoms with Gasteiger partial charge in [-0.05, 0) is 23.8 Å². The van der Waals surface area contributed by atoms with Crippen molar-refractivity contribution in [3.8, 4) is 11.5 Å². The molecule has 102 valence electrons. The molecule has 20 heavy (non-hydrogen) atoms. The quantitative estimate of drug-likeness (QED) is 0.834. The maximum atomic E-state index is 9.75. The van der Waals surface area contributed by atoms with Crippen LogP contribution in [-0.4, -0.2) is 18.3 Å². The molecule has 1 aliphatic heterocycles. The van der Waals surface area contributed by atoms with Gasteiger partial charge < -0.3 is 15.2 Å². The molecule has 0 aromatic heterocycles. The average Bonchev–Trinajstić information content (AvgIpc) is 2.68. The lowest BCUT2D eigenvalue weighted by Crippen LogP contribution is -2.06. The SMILES string of the molecule is Oc1ccccc1NCC1=Cc2ccccc2OCC1. The molecule has 0 saturated carbocycles. The molecule has 0 spiro atoms. The van der Waals surface area contributed by atoms with E-state index < -0.39 is 0 Å². The van der Waals surface area contributed by atoms with E-state index in [2.05, 4.69) is 17.5 Å². The Labute approximate surface area is 118 Å². The second-order valence-corrected chi connectivity index (χ2v) is 4.81. The molecule has 3 heteroatoms. The number of para-hydroxylation sites is 3. The molecule has 3 nitrogen and oxygen atoms in total. The molecule has 0 saturated heterocycles. The average molecular weight is 267 g/mol. The molecule has 3 rings (SSSR count). The first-order chi connectivity index (χ1) is 9.83. The van der Waals surface area contributed by atoms with Crippen molar-refractivity contribution in [1.29, 1.82) is 0 Å². The third-order valence-corrected chi connectivity index (χ3v) is 3.37. The van der Waals surface area contributed by atoms with E-state index in [1.807, 2.05) is 36.4 Å². The summed E-state index contributed by atoms with van der Waals surface area (Å²) < 4.78 is 5.73. The molecule has 0 fully saturated rings. The van der Waals surface area contributed by atoms with Crippen molar-refractivity contribution in [3.63, 3.8) is 0 Å². The van der Waals surface area contributed by atoms with Crippen LogP contribution in [0.15, 0.2) is 54.1 Å². The summed E-state index contributed by atoms with van der Waals surface area (Å²) in [5.41, 5.74) is 3.13. The van der Waals surface area contributed by atoms with Crippen LogP contribution in [0.2, 0.25) is 0 Å². The van der Waals surface area contributed by atoms with E-state index in [0.29, 0.717) is 13.2 Å². The van der Waals surface area contributed by atoms with Crippen LogP contribution in [0, 0.1) is 0 Å². The van der Waals surface area contributed by atoms with E-state index in [4.69, 9.17) is 4.74 Å². The van der Waals surface area contributed by atoms with Gasteiger partial charge in [0.2, 0.25) is 0 Å². The molecular weight excluding hydrogens is 250 g/mol. The van der Waals surface area contributed by atoms with E-state index >= 15 is 0 Å². The van der Waals surface area contributed by atoms with Crippen LogP contribution in [0.25, 0.3) is 6.08 Å². The third kappa shape index (κ3) is 2.77. The molecule has 2 N–H and O–H groups in total. The number of hydrogen-bond donors (Lipinski definition) is 2. The number of phenolic OH excluding ortho intramolecular Hbond substituents is 1. The highest BCUT2D eigenvalue weighted by atomic mass is 16.5. The number of phenols is 1. The predicted octanol–water partition coefficient (Wildman–Crippen LogP) is 3.67. The number of anilines is 1. The molecule has 1 aliphatic rings. The first-order valence-corrected chi connectivity index (χ1v) is 6.76. The van der Waals surface area contributed by atoms with Gasteiger partial charge in [0, 0.05) is 18.5 Å². The second kappa shape index (κ2) is 5.70. The smallest absolute Gasteiger partial charge is 0.138 e. The van der Waals surface area contributed by atoms with E-state index in [9.17, 15) is 5.11 Å². The molecule has 0 atom stereocenters. The van der Waals surface area contributed by atoms with Crippen molar-refractivity contribution in [2.75, 3.05) is 18.5 Å². The maximum absolute atomic E-state index is 9.75. The van der Waals surface area contributed by atoms with Crippen molar-refractivity contribution >= 4 is 11.8 Å². The van der Waals surface area contributed by atoms with Crippen LogP contribution in [0.4, 0.5) is 5.69 Å². The standard InChI is InChI=1S/C17H17NO2/c19-16-7-3-2-6-15(16)18-12-13-9-10-20-17-8-4-1-5-14(17)11-13/h1-8,11,18-19H,9-10,12H2. The van der Waals surface area contributed by atoms with E-state index in [-0.39, 0.29) is 5.75 Å². The number of ether oxygens (including phenoxy) is 1. The van der Waals surface area contributed by atoms with Gasteiger partial charge in [-0.15, -0.1) is 0 Å². The van der Waals surface area contributed by atoms with Gasteiger partial charge in [-0.1, -0.05) is 36.4 Å². The summed E-state index contributed by atoms with van der Waals surface area (Å²) >= 11 is 0. The number of nitrogens with one attached hydrogen (secondary N) is 1. The van der Waals surface area contributed by atoms with Gasteiger partial charge in [-0.2, -0.15) is 0 Å². The molecule has 0 aliphatic carbocycles. The lowest BCUT2D eigenvalue weighted by atomic mass is 10.1. The minimum atomic E-state index is 0.276. The Bertz CT molecular complexity index is 634. The summed E-state index contributed by atoms with van der Waals surface area (Å²) in [4.78, 5) is 0. The molecule has 2 aromatic carbocycles.